The molecule has 0 aliphatic heterocycles. The van der Waals surface area contributed by atoms with E-state index in [4.69, 9.17) is 21.1 Å². The van der Waals surface area contributed by atoms with Gasteiger partial charge >= 0.3 is 0 Å². The normalized spacial score (nSPS) is 14.1. The highest BCUT2D eigenvalue weighted by atomic mass is 35.5. The highest BCUT2D eigenvalue weighted by molar-refractivity contribution is 6.30. The zero-order chi connectivity index (χ0) is 21.0. The van der Waals surface area contributed by atoms with Gasteiger partial charge in [0.2, 0.25) is 5.91 Å². The number of methoxy groups -OCH3 is 1. The maximum atomic E-state index is 12.9. The first-order valence-corrected chi connectivity index (χ1v) is 10.2. The van der Waals surface area contributed by atoms with Crippen LogP contribution in [0.5, 0.6) is 11.5 Å². The second-order valence-electron chi connectivity index (χ2n) is 7.40. The molecule has 1 amide bonds. The van der Waals surface area contributed by atoms with Gasteiger partial charge in [0.05, 0.1) is 12.5 Å². The van der Waals surface area contributed by atoms with E-state index >= 15 is 0 Å². The Morgan fingerprint density at radius 3 is 2.57 bits per heavy atom. The van der Waals surface area contributed by atoms with Crippen LogP contribution in [0.1, 0.15) is 29.5 Å². The summed E-state index contributed by atoms with van der Waals surface area (Å²) in [5.74, 6) is 1.32. The van der Waals surface area contributed by atoms with E-state index in [-0.39, 0.29) is 5.91 Å². The lowest BCUT2D eigenvalue weighted by Gasteiger charge is -2.17. The molecule has 30 heavy (non-hydrogen) atoms. The molecule has 1 fully saturated rings. The highest BCUT2D eigenvalue weighted by Gasteiger charge is 2.51. The van der Waals surface area contributed by atoms with Gasteiger partial charge in [0, 0.05) is 24.0 Å². The molecule has 0 bridgehead atoms. The topological polar surface area (TPSA) is 60.5 Å². The fourth-order valence-corrected chi connectivity index (χ4v) is 3.68. The molecule has 1 aromatic heterocycles. The number of hydrogen-bond acceptors (Lipinski definition) is 4. The fraction of sp³-hybridized carbons (Fsp3) is 0.250. The van der Waals surface area contributed by atoms with Gasteiger partial charge in [-0.15, -0.1) is 0 Å². The Morgan fingerprint density at radius 1 is 1.07 bits per heavy atom. The number of hydrogen-bond donors (Lipinski definition) is 1. The van der Waals surface area contributed by atoms with Crippen molar-refractivity contribution in [1.29, 1.82) is 0 Å². The number of amides is 1. The van der Waals surface area contributed by atoms with E-state index in [0.29, 0.717) is 29.7 Å². The van der Waals surface area contributed by atoms with Crippen molar-refractivity contribution in [1.82, 2.24) is 10.3 Å². The second-order valence-corrected chi connectivity index (χ2v) is 7.84. The number of aromatic nitrogens is 1. The van der Waals surface area contributed by atoms with Gasteiger partial charge in [0.25, 0.3) is 0 Å². The van der Waals surface area contributed by atoms with Crippen LogP contribution in [0.25, 0.3) is 0 Å². The van der Waals surface area contributed by atoms with Crippen LogP contribution in [0.3, 0.4) is 0 Å². The standard InChI is InChI=1S/C24H23ClN2O3/c1-29-22-13-18(5-6-21(22)30-16-17-7-11-26-12-8-17)15-27-23(28)24(9-10-24)19-3-2-4-20(25)14-19/h2-8,11-14H,9-10,15-16H2,1H3,(H,27,28). The second kappa shape index (κ2) is 8.76. The molecule has 4 rings (SSSR count). The first kappa shape index (κ1) is 20.2. The van der Waals surface area contributed by atoms with Gasteiger partial charge in [0.1, 0.15) is 6.61 Å². The molecular weight excluding hydrogens is 400 g/mol. The van der Waals surface area contributed by atoms with Gasteiger partial charge < -0.3 is 14.8 Å². The SMILES string of the molecule is COc1cc(CNC(=O)C2(c3cccc(Cl)c3)CC2)ccc1OCc1ccncc1. The fourth-order valence-electron chi connectivity index (χ4n) is 3.49. The van der Waals surface area contributed by atoms with Crippen molar-refractivity contribution in [2.45, 2.75) is 31.4 Å². The smallest absolute Gasteiger partial charge is 0.230 e. The van der Waals surface area contributed by atoms with E-state index < -0.39 is 5.41 Å². The van der Waals surface area contributed by atoms with Crippen molar-refractivity contribution in [3.63, 3.8) is 0 Å². The predicted molar refractivity (Wildman–Crippen MR) is 116 cm³/mol. The lowest BCUT2D eigenvalue weighted by molar-refractivity contribution is -0.123. The first-order valence-electron chi connectivity index (χ1n) is 9.84. The Balaban J connectivity index is 1.39. The van der Waals surface area contributed by atoms with Crippen LogP contribution in [-0.4, -0.2) is 18.0 Å². The molecule has 0 radical (unpaired) electrons. The van der Waals surface area contributed by atoms with E-state index in [1.54, 1.807) is 19.5 Å². The van der Waals surface area contributed by atoms with Crippen molar-refractivity contribution >= 4 is 17.5 Å². The number of halogens is 1. The molecule has 0 atom stereocenters. The molecular formula is C24H23ClN2O3. The van der Waals surface area contributed by atoms with E-state index in [1.165, 1.54) is 0 Å². The summed E-state index contributed by atoms with van der Waals surface area (Å²) in [4.78, 5) is 16.9. The molecule has 1 N–H and O–H groups in total. The van der Waals surface area contributed by atoms with Crippen LogP contribution < -0.4 is 14.8 Å². The third-order valence-corrected chi connectivity index (χ3v) is 5.62. The largest absolute Gasteiger partial charge is 0.493 e. The average molecular weight is 423 g/mol. The number of carbonyl (C=O) groups is 1. The number of nitrogens with zero attached hydrogens (tertiary/aromatic N) is 1. The summed E-state index contributed by atoms with van der Waals surface area (Å²) >= 11 is 6.11. The molecule has 1 heterocycles. The lowest BCUT2D eigenvalue weighted by Crippen LogP contribution is -2.34. The summed E-state index contributed by atoms with van der Waals surface area (Å²) < 4.78 is 11.4. The number of benzene rings is 2. The minimum atomic E-state index is -0.456. The maximum absolute atomic E-state index is 12.9. The lowest BCUT2D eigenvalue weighted by atomic mass is 9.95. The van der Waals surface area contributed by atoms with Crippen LogP contribution in [0, 0.1) is 0 Å². The Bertz CT molecular complexity index is 1040. The third kappa shape index (κ3) is 4.41. The van der Waals surface area contributed by atoms with Crippen LogP contribution in [0.2, 0.25) is 5.02 Å². The number of nitrogens with one attached hydrogen (secondary N) is 1. The molecule has 154 valence electrons. The first-order chi connectivity index (χ1) is 14.6. The predicted octanol–water partition coefficient (Wildman–Crippen LogP) is 4.67. The maximum Gasteiger partial charge on any atom is 0.230 e. The van der Waals surface area contributed by atoms with Crippen LogP contribution >= 0.6 is 11.6 Å². The molecule has 5 nitrogen and oxygen atoms in total. The van der Waals surface area contributed by atoms with E-state index in [1.807, 2.05) is 54.6 Å². The van der Waals surface area contributed by atoms with Gasteiger partial charge in [-0.1, -0.05) is 29.8 Å². The summed E-state index contributed by atoms with van der Waals surface area (Å²) in [6.45, 7) is 0.846. The molecule has 6 heteroatoms. The van der Waals surface area contributed by atoms with Gasteiger partial charge in [-0.2, -0.15) is 0 Å². The summed E-state index contributed by atoms with van der Waals surface area (Å²) in [5, 5.41) is 3.71. The average Bonchev–Trinajstić information content (AvgIpc) is 3.59. The number of pyridine rings is 1. The highest BCUT2D eigenvalue weighted by Crippen LogP contribution is 2.48. The van der Waals surface area contributed by atoms with Crippen LogP contribution in [0.15, 0.2) is 67.0 Å². The van der Waals surface area contributed by atoms with E-state index in [2.05, 4.69) is 10.3 Å². The van der Waals surface area contributed by atoms with Crippen molar-refractivity contribution in [3.8, 4) is 11.5 Å². The van der Waals surface area contributed by atoms with Crippen molar-refractivity contribution in [3.05, 3.63) is 88.7 Å². The van der Waals surface area contributed by atoms with Crippen molar-refractivity contribution in [2.24, 2.45) is 0 Å². The molecule has 0 spiro atoms. The van der Waals surface area contributed by atoms with E-state index in [0.717, 1.165) is 29.5 Å². The molecule has 1 aliphatic carbocycles. The number of ether oxygens (including phenoxy) is 2. The monoisotopic (exact) mass is 422 g/mol. The Kier molecular flexibility index (Phi) is 5.91. The van der Waals surface area contributed by atoms with Crippen molar-refractivity contribution < 1.29 is 14.3 Å². The zero-order valence-electron chi connectivity index (χ0n) is 16.7. The van der Waals surface area contributed by atoms with Gasteiger partial charge in [-0.3, -0.25) is 9.78 Å². The quantitative estimate of drug-likeness (QED) is 0.573. The van der Waals surface area contributed by atoms with Crippen molar-refractivity contribution in [2.75, 3.05) is 7.11 Å². The number of rotatable bonds is 8. The zero-order valence-corrected chi connectivity index (χ0v) is 17.5. The number of carbonyl (C=O) groups excluding carboxylic acids is 1. The van der Waals surface area contributed by atoms with Gasteiger partial charge in [-0.05, 0) is 65.9 Å². The molecule has 1 saturated carbocycles. The Labute approximate surface area is 181 Å². The Morgan fingerprint density at radius 2 is 1.87 bits per heavy atom. The van der Waals surface area contributed by atoms with Gasteiger partial charge in [-0.25, -0.2) is 0 Å². The summed E-state index contributed by atoms with van der Waals surface area (Å²) in [7, 11) is 1.61. The van der Waals surface area contributed by atoms with E-state index in [9.17, 15) is 4.79 Å². The van der Waals surface area contributed by atoms with Crippen LogP contribution in [-0.2, 0) is 23.4 Å². The van der Waals surface area contributed by atoms with Gasteiger partial charge in [0.15, 0.2) is 11.5 Å². The molecule has 1 aliphatic rings. The Hall–Kier alpha value is -3.05. The minimum Gasteiger partial charge on any atom is -0.493 e. The summed E-state index contributed by atoms with van der Waals surface area (Å²) in [5.41, 5.74) is 2.49. The minimum absolute atomic E-state index is 0.0294. The third-order valence-electron chi connectivity index (χ3n) is 5.39. The summed E-state index contributed by atoms with van der Waals surface area (Å²) in [6.07, 6.45) is 5.14. The molecule has 0 unspecified atom stereocenters. The molecule has 0 saturated heterocycles. The molecule has 3 aromatic rings. The molecule has 2 aromatic carbocycles. The van der Waals surface area contributed by atoms with Crippen LogP contribution in [0.4, 0.5) is 0 Å². The summed E-state index contributed by atoms with van der Waals surface area (Å²) in [6, 6.07) is 17.1.